The summed E-state index contributed by atoms with van der Waals surface area (Å²) in [5, 5.41) is 10.1. The van der Waals surface area contributed by atoms with Crippen molar-refractivity contribution in [3.05, 3.63) is 59.9 Å². The smallest absolute Gasteiger partial charge is 0.335 e. The molecule has 1 N–H and O–H groups in total. The standard InChI is InChI=1S/C16H14N2O3/c1-21-15-13(3-2-7-17-15)10-18-8-6-11-4-5-12(16(19)20)9-14(11)18/h2-9H,10H2,1H3,(H,19,20). The number of aromatic nitrogens is 2. The molecule has 0 aliphatic heterocycles. The van der Waals surface area contributed by atoms with Gasteiger partial charge < -0.3 is 14.4 Å². The van der Waals surface area contributed by atoms with Gasteiger partial charge in [0.2, 0.25) is 5.88 Å². The Balaban J connectivity index is 2.04. The lowest BCUT2D eigenvalue weighted by molar-refractivity contribution is 0.0697. The van der Waals surface area contributed by atoms with Crippen LogP contribution in [0.2, 0.25) is 0 Å². The second-order valence-corrected chi connectivity index (χ2v) is 4.69. The molecule has 0 radical (unpaired) electrons. The molecule has 0 spiro atoms. The normalized spacial score (nSPS) is 10.7. The van der Waals surface area contributed by atoms with E-state index < -0.39 is 5.97 Å². The van der Waals surface area contributed by atoms with Crippen molar-refractivity contribution in [3.63, 3.8) is 0 Å². The van der Waals surface area contributed by atoms with Gasteiger partial charge in [-0.1, -0.05) is 12.1 Å². The Hall–Kier alpha value is -2.82. The zero-order chi connectivity index (χ0) is 14.8. The van der Waals surface area contributed by atoms with Crippen LogP contribution in [0.15, 0.2) is 48.8 Å². The van der Waals surface area contributed by atoms with Gasteiger partial charge in [-0.2, -0.15) is 0 Å². The first-order valence-electron chi connectivity index (χ1n) is 6.49. The summed E-state index contributed by atoms with van der Waals surface area (Å²) in [5.41, 5.74) is 2.10. The molecule has 0 atom stereocenters. The largest absolute Gasteiger partial charge is 0.481 e. The number of rotatable bonds is 4. The molecular formula is C16H14N2O3. The summed E-state index contributed by atoms with van der Waals surface area (Å²) in [6.07, 6.45) is 3.61. The summed E-state index contributed by atoms with van der Waals surface area (Å²) >= 11 is 0. The number of carboxylic acids is 1. The van der Waals surface area contributed by atoms with Crippen molar-refractivity contribution < 1.29 is 14.6 Å². The van der Waals surface area contributed by atoms with E-state index in [1.807, 2.05) is 35.0 Å². The highest BCUT2D eigenvalue weighted by atomic mass is 16.5. The monoisotopic (exact) mass is 282 g/mol. The van der Waals surface area contributed by atoms with Crippen LogP contribution < -0.4 is 4.74 Å². The number of carbonyl (C=O) groups is 1. The number of benzene rings is 1. The molecule has 0 aliphatic carbocycles. The van der Waals surface area contributed by atoms with Crippen molar-refractivity contribution in [1.29, 1.82) is 0 Å². The highest BCUT2D eigenvalue weighted by molar-refractivity contribution is 5.93. The maximum Gasteiger partial charge on any atom is 0.335 e. The molecule has 0 bridgehead atoms. The van der Waals surface area contributed by atoms with E-state index in [2.05, 4.69) is 4.98 Å². The van der Waals surface area contributed by atoms with Gasteiger partial charge in [0.1, 0.15) is 0 Å². The zero-order valence-electron chi connectivity index (χ0n) is 11.5. The third-order valence-electron chi connectivity index (χ3n) is 3.40. The van der Waals surface area contributed by atoms with Crippen LogP contribution in [-0.4, -0.2) is 27.7 Å². The number of nitrogens with zero attached hydrogens (tertiary/aromatic N) is 2. The molecule has 3 aromatic rings. The van der Waals surface area contributed by atoms with Gasteiger partial charge >= 0.3 is 5.97 Å². The first-order valence-corrected chi connectivity index (χ1v) is 6.49. The number of carboxylic acid groups (broad SMARTS) is 1. The highest BCUT2D eigenvalue weighted by Crippen LogP contribution is 2.21. The summed E-state index contributed by atoms with van der Waals surface area (Å²) in [5.74, 6) is -0.350. The number of hydrogen-bond donors (Lipinski definition) is 1. The van der Waals surface area contributed by atoms with Gasteiger partial charge in [0, 0.05) is 23.5 Å². The lowest BCUT2D eigenvalue weighted by atomic mass is 10.1. The lowest BCUT2D eigenvalue weighted by Crippen LogP contribution is -2.02. The van der Waals surface area contributed by atoms with E-state index in [1.54, 1.807) is 25.4 Å². The minimum atomic E-state index is -0.927. The van der Waals surface area contributed by atoms with E-state index in [9.17, 15) is 4.79 Å². The molecule has 106 valence electrons. The summed E-state index contributed by atoms with van der Waals surface area (Å²) < 4.78 is 7.24. The van der Waals surface area contributed by atoms with E-state index >= 15 is 0 Å². The Morgan fingerprint density at radius 3 is 2.95 bits per heavy atom. The Morgan fingerprint density at radius 1 is 1.33 bits per heavy atom. The molecule has 0 unspecified atom stereocenters. The van der Waals surface area contributed by atoms with E-state index in [1.165, 1.54) is 0 Å². The fourth-order valence-corrected chi connectivity index (χ4v) is 2.37. The van der Waals surface area contributed by atoms with E-state index in [-0.39, 0.29) is 5.56 Å². The van der Waals surface area contributed by atoms with Crippen LogP contribution in [0, 0.1) is 0 Å². The maximum atomic E-state index is 11.1. The number of hydrogen-bond acceptors (Lipinski definition) is 3. The molecule has 0 saturated heterocycles. The summed E-state index contributed by atoms with van der Waals surface area (Å²) in [6.45, 7) is 0.573. The molecule has 5 nitrogen and oxygen atoms in total. The average Bonchev–Trinajstić information content (AvgIpc) is 2.90. The van der Waals surface area contributed by atoms with Crippen LogP contribution in [0.25, 0.3) is 10.9 Å². The fourth-order valence-electron chi connectivity index (χ4n) is 2.37. The number of methoxy groups -OCH3 is 1. The van der Waals surface area contributed by atoms with Crippen LogP contribution in [0.1, 0.15) is 15.9 Å². The molecule has 21 heavy (non-hydrogen) atoms. The predicted molar refractivity (Wildman–Crippen MR) is 78.8 cm³/mol. The average molecular weight is 282 g/mol. The van der Waals surface area contributed by atoms with Crippen LogP contribution in [0.3, 0.4) is 0 Å². The molecule has 3 rings (SSSR count). The first-order chi connectivity index (χ1) is 10.2. The summed E-state index contributed by atoms with van der Waals surface area (Å²) in [6, 6.07) is 10.9. The fraction of sp³-hybridized carbons (Fsp3) is 0.125. The molecule has 0 amide bonds. The Kier molecular flexibility index (Phi) is 3.31. The molecule has 2 heterocycles. The van der Waals surface area contributed by atoms with E-state index in [0.29, 0.717) is 12.4 Å². The minimum Gasteiger partial charge on any atom is -0.481 e. The Morgan fingerprint density at radius 2 is 2.19 bits per heavy atom. The highest BCUT2D eigenvalue weighted by Gasteiger charge is 2.09. The number of aromatic carboxylic acids is 1. The third-order valence-corrected chi connectivity index (χ3v) is 3.40. The molecule has 0 aliphatic rings. The van der Waals surface area contributed by atoms with Gasteiger partial charge in [0.15, 0.2) is 0 Å². The quantitative estimate of drug-likeness (QED) is 0.799. The molecular weight excluding hydrogens is 268 g/mol. The van der Waals surface area contributed by atoms with Crippen molar-refractivity contribution in [3.8, 4) is 5.88 Å². The number of fused-ring (bicyclic) bond motifs is 1. The van der Waals surface area contributed by atoms with Crippen molar-refractivity contribution in [2.75, 3.05) is 7.11 Å². The van der Waals surface area contributed by atoms with E-state index in [4.69, 9.17) is 9.84 Å². The van der Waals surface area contributed by atoms with Crippen LogP contribution in [0.4, 0.5) is 0 Å². The van der Waals surface area contributed by atoms with Crippen molar-refractivity contribution in [2.45, 2.75) is 6.54 Å². The SMILES string of the molecule is COc1ncccc1Cn1ccc2ccc(C(=O)O)cc21. The van der Waals surface area contributed by atoms with Gasteiger partial charge in [0.25, 0.3) is 0 Å². The van der Waals surface area contributed by atoms with Gasteiger partial charge in [0.05, 0.1) is 19.2 Å². The van der Waals surface area contributed by atoms with Crippen LogP contribution in [0.5, 0.6) is 5.88 Å². The minimum absolute atomic E-state index is 0.278. The molecule has 1 aromatic carbocycles. The predicted octanol–water partition coefficient (Wildman–Crippen LogP) is 2.79. The summed E-state index contributed by atoms with van der Waals surface area (Å²) in [4.78, 5) is 15.3. The molecule has 2 aromatic heterocycles. The molecule has 0 fully saturated rings. The second kappa shape index (κ2) is 5.28. The summed E-state index contributed by atoms with van der Waals surface area (Å²) in [7, 11) is 1.59. The second-order valence-electron chi connectivity index (χ2n) is 4.69. The Bertz CT molecular complexity index is 808. The first kappa shape index (κ1) is 13.2. The third kappa shape index (κ3) is 2.45. The van der Waals surface area contributed by atoms with Crippen molar-refractivity contribution >= 4 is 16.9 Å². The van der Waals surface area contributed by atoms with Gasteiger partial charge in [-0.3, -0.25) is 0 Å². The number of pyridine rings is 1. The van der Waals surface area contributed by atoms with Crippen LogP contribution in [-0.2, 0) is 6.54 Å². The Labute approximate surface area is 121 Å². The molecule has 0 saturated carbocycles. The zero-order valence-corrected chi connectivity index (χ0v) is 11.5. The van der Waals surface area contributed by atoms with Crippen molar-refractivity contribution in [1.82, 2.24) is 9.55 Å². The van der Waals surface area contributed by atoms with Crippen LogP contribution >= 0.6 is 0 Å². The van der Waals surface area contributed by atoms with Gasteiger partial charge in [-0.05, 0) is 29.7 Å². The lowest BCUT2D eigenvalue weighted by Gasteiger charge is -2.09. The number of ether oxygens (including phenoxy) is 1. The topological polar surface area (TPSA) is 64.4 Å². The van der Waals surface area contributed by atoms with E-state index in [0.717, 1.165) is 16.5 Å². The van der Waals surface area contributed by atoms with Gasteiger partial charge in [-0.15, -0.1) is 0 Å². The van der Waals surface area contributed by atoms with Crippen molar-refractivity contribution in [2.24, 2.45) is 0 Å². The molecule has 5 heteroatoms. The maximum absolute atomic E-state index is 11.1. The van der Waals surface area contributed by atoms with Gasteiger partial charge in [-0.25, -0.2) is 9.78 Å².